The van der Waals surface area contributed by atoms with Crippen molar-refractivity contribution in [2.24, 2.45) is 0 Å². The zero-order valence-corrected chi connectivity index (χ0v) is 13.3. The Morgan fingerprint density at radius 2 is 1.64 bits per heavy atom. The van der Waals surface area contributed by atoms with E-state index in [2.05, 4.69) is 20.7 Å². The van der Waals surface area contributed by atoms with Crippen molar-refractivity contribution >= 4 is 15.9 Å². The van der Waals surface area contributed by atoms with E-state index >= 15 is 0 Å². The van der Waals surface area contributed by atoms with E-state index in [4.69, 9.17) is 0 Å². The van der Waals surface area contributed by atoms with Gasteiger partial charge >= 0.3 is 6.11 Å². The second-order valence-electron chi connectivity index (χ2n) is 4.74. The molecule has 2 aromatic carbocycles. The highest BCUT2D eigenvalue weighted by Gasteiger charge is 2.39. The fourth-order valence-electron chi connectivity index (χ4n) is 1.97. The zero-order chi connectivity index (χ0) is 16.3. The van der Waals surface area contributed by atoms with Gasteiger partial charge in [-0.15, -0.1) is 0 Å². The van der Waals surface area contributed by atoms with Crippen LogP contribution in [0.4, 0.5) is 17.6 Å². The molecule has 0 bridgehead atoms. The average molecular weight is 377 g/mol. The fourth-order valence-corrected chi connectivity index (χ4v) is 2.27. The Bertz CT molecular complexity index is 656. The quantitative estimate of drug-likeness (QED) is 0.472. The fraction of sp³-hybridized carbons (Fsp3) is 0.250. The van der Waals surface area contributed by atoms with Gasteiger partial charge in [-0.05, 0) is 52.2 Å². The molecule has 22 heavy (non-hydrogen) atoms. The molecule has 0 saturated carbocycles. The molecule has 2 aromatic rings. The molecule has 2 rings (SSSR count). The monoisotopic (exact) mass is 376 g/mol. The summed E-state index contributed by atoms with van der Waals surface area (Å²) in [5.74, 6) is -3.13. The maximum Gasteiger partial charge on any atom is 0.429 e. The maximum atomic E-state index is 14.0. The summed E-state index contributed by atoms with van der Waals surface area (Å²) in [5, 5.41) is 0. The molecule has 0 spiro atoms. The van der Waals surface area contributed by atoms with Crippen LogP contribution in [0.3, 0.4) is 0 Å². The van der Waals surface area contributed by atoms with Crippen LogP contribution in [0, 0.1) is 11.6 Å². The van der Waals surface area contributed by atoms with E-state index in [1.807, 2.05) is 6.92 Å². The van der Waals surface area contributed by atoms with Crippen LogP contribution in [0.2, 0.25) is 0 Å². The second-order valence-corrected chi connectivity index (χ2v) is 5.59. The van der Waals surface area contributed by atoms with Gasteiger partial charge in [0.15, 0.2) is 11.6 Å². The highest BCUT2D eigenvalue weighted by molar-refractivity contribution is 9.10. The molecule has 0 fully saturated rings. The molecule has 0 aliphatic heterocycles. The number of alkyl halides is 2. The lowest BCUT2D eigenvalue weighted by Gasteiger charge is -2.19. The van der Waals surface area contributed by atoms with Crippen LogP contribution < -0.4 is 4.74 Å². The SMILES string of the molecule is CCCc1ccc(OC(F)(F)c2ccc(Br)c(F)c2F)cc1. The van der Waals surface area contributed by atoms with Crippen molar-refractivity contribution in [3.63, 3.8) is 0 Å². The van der Waals surface area contributed by atoms with Gasteiger partial charge < -0.3 is 4.74 Å². The van der Waals surface area contributed by atoms with Crippen LogP contribution in [-0.4, -0.2) is 0 Å². The van der Waals surface area contributed by atoms with Gasteiger partial charge in [0.2, 0.25) is 0 Å². The topological polar surface area (TPSA) is 9.23 Å². The average Bonchev–Trinajstić information content (AvgIpc) is 2.46. The predicted octanol–water partition coefficient (Wildman–Crippen LogP) is 5.81. The molecule has 1 nitrogen and oxygen atoms in total. The smallest absolute Gasteiger partial charge is 0.429 e. The third kappa shape index (κ3) is 3.61. The Balaban J connectivity index is 2.25. The minimum atomic E-state index is -3.97. The summed E-state index contributed by atoms with van der Waals surface area (Å²) in [6.45, 7) is 2.00. The lowest BCUT2D eigenvalue weighted by atomic mass is 10.1. The largest absolute Gasteiger partial charge is 0.429 e. The Kier molecular flexibility index (Phi) is 5.11. The van der Waals surface area contributed by atoms with E-state index in [1.165, 1.54) is 12.1 Å². The summed E-state index contributed by atoms with van der Waals surface area (Å²) in [7, 11) is 0. The summed E-state index contributed by atoms with van der Waals surface area (Å²) in [4.78, 5) is 0. The number of halogens is 5. The zero-order valence-electron chi connectivity index (χ0n) is 11.7. The molecule has 0 aliphatic rings. The van der Waals surface area contributed by atoms with Gasteiger partial charge in [-0.2, -0.15) is 8.78 Å². The number of rotatable bonds is 5. The van der Waals surface area contributed by atoms with Gasteiger partial charge in [-0.25, -0.2) is 8.78 Å². The first-order chi connectivity index (χ1) is 10.3. The summed E-state index contributed by atoms with van der Waals surface area (Å²) in [5.41, 5.74) is -0.162. The minimum absolute atomic E-state index is 0.118. The number of benzene rings is 2. The van der Waals surface area contributed by atoms with E-state index in [-0.39, 0.29) is 10.2 Å². The molecule has 0 saturated heterocycles. The molecule has 0 radical (unpaired) electrons. The van der Waals surface area contributed by atoms with Crippen molar-refractivity contribution in [2.75, 3.05) is 0 Å². The van der Waals surface area contributed by atoms with E-state index < -0.39 is 23.3 Å². The molecule has 118 valence electrons. The molecule has 0 unspecified atom stereocenters. The summed E-state index contributed by atoms with van der Waals surface area (Å²) in [6.07, 6.45) is -2.22. The number of ether oxygens (including phenoxy) is 1. The minimum Gasteiger partial charge on any atom is -0.429 e. The van der Waals surface area contributed by atoms with Gasteiger partial charge in [-0.3, -0.25) is 0 Å². The molecule has 0 atom stereocenters. The molecule has 0 N–H and O–H groups in total. The Labute approximate surface area is 134 Å². The molecule has 0 aromatic heterocycles. The third-order valence-corrected chi connectivity index (χ3v) is 3.67. The van der Waals surface area contributed by atoms with Crippen LogP contribution in [0.1, 0.15) is 24.5 Å². The van der Waals surface area contributed by atoms with Crippen molar-refractivity contribution < 1.29 is 22.3 Å². The highest BCUT2D eigenvalue weighted by atomic mass is 79.9. The van der Waals surface area contributed by atoms with Gasteiger partial charge in [0.05, 0.1) is 4.47 Å². The molecule has 0 aliphatic carbocycles. The van der Waals surface area contributed by atoms with Crippen molar-refractivity contribution in [1.29, 1.82) is 0 Å². The van der Waals surface area contributed by atoms with Gasteiger partial charge in [0, 0.05) is 0 Å². The predicted molar refractivity (Wildman–Crippen MR) is 79.0 cm³/mol. The Morgan fingerprint density at radius 3 is 2.23 bits per heavy atom. The molecular formula is C16H13BrF4O. The van der Waals surface area contributed by atoms with Gasteiger partial charge in [-0.1, -0.05) is 25.5 Å². The van der Waals surface area contributed by atoms with E-state index in [0.29, 0.717) is 0 Å². The molecule has 0 amide bonds. The van der Waals surface area contributed by atoms with Crippen LogP contribution in [0.5, 0.6) is 5.75 Å². The number of hydrogen-bond acceptors (Lipinski definition) is 1. The molecule has 6 heteroatoms. The third-order valence-electron chi connectivity index (χ3n) is 3.06. The van der Waals surface area contributed by atoms with Crippen LogP contribution in [0.15, 0.2) is 40.9 Å². The first kappa shape index (κ1) is 16.8. The summed E-state index contributed by atoms with van der Waals surface area (Å²) >= 11 is 2.74. The van der Waals surface area contributed by atoms with Crippen molar-refractivity contribution in [3.05, 3.63) is 63.6 Å². The Morgan fingerprint density at radius 1 is 1.00 bits per heavy atom. The van der Waals surface area contributed by atoms with Crippen LogP contribution in [0.25, 0.3) is 0 Å². The normalized spacial score (nSPS) is 11.5. The second kappa shape index (κ2) is 6.69. The highest BCUT2D eigenvalue weighted by Crippen LogP contribution is 2.35. The maximum absolute atomic E-state index is 14.0. The molecule has 0 heterocycles. The first-order valence-corrected chi connectivity index (χ1v) is 7.44. The van der Waals surface area contributed by atoms with Crippen molar-refractivity contribution in [2.45, 2.75) is 25.9 Å². The van der Waals surface area contributed by atoms with Gasteiger partial charge in [0.1, 0.15) is 11.3 Å². The summed E-state index contributed by atoms with van der Waals surface area (Å²) < 4.78 is 59.4. The lowest BCUT2D eigenvalue weighted by Crippen LogP contribution is -2.24. The number of aryl methyl sites for hydroxylation is 1. The van der Waals surface area contributed by atoms with Crippen LogP contribution in [-0.2, 0) is 12.5 Å². The standard InChI is InChI=1S/C16H13BrF4O/c1-2-3-10-4-6-11(7-5-10)22-16(20,21)12-8-9-13(17)15(19)14(12)18/h4-9H,2-3H2,1H3. The van der Waals surface area contributed by atoms with Gasteiger partial charge in [0.25, 0.3) is 0 Å². The van der Waals surface area contributed by atoms with Crippen molar-refractivity contribution in [3.8, 4) is 5.75 Å². The van der Waals surface area contributed by atoms with Crippen LogP contribution >= 0.6 is 15.9 Å². The van der Waals surface area contributed by atoms with E-state index in [0.717, 1.165) is 30.5 Å². The first-order valence-electron chi connectivity index (χ1n) is 6.65. The Hall–Kier alpha value is -1.56. The summed E-state index contributed by atoms with van der Waals surface area (Å²) in [6, 6.07) is 7.88. The van der Waals surface area contributed by atoms with Crippen molar-refractivity contribution in [1.82, 2.24) is 0 Å². The number of hydrogen-bond donors (Lipinski definition) is 0. The molecular weight excluding hydrogens is 364 g/mol. The van der Waals surface area contributed by atoms with E-state index in [1.54, 1.807) is 12.1 Å². The van der Waals surface area contributed by atoms with E-state index in [9.17, 15) is 17.6 Å². The lowest BCUT2D eigenvalue weighted by molar-refractivity contribution is -0.187.